The van der Waals surface area contributed by atoms with Crippen LogP contribution in [0.3, 0.4) is 0 Å². The summed E-state index contributed by atoms with van der Waals surface area (Å²) >= 11 is 6.08. The van der Waals surface area contributed by atoms with E-state index in [2.05, 4.69) is 36.2 Å². The van der Waals surface area contributed by atoms with Crippen molar-refractivity contribution < 1.29 is 0 Å². The lowest BCUT2D eigenvalue weighted by Gasteiger charge is -2.40. The molecule has 0 radical (unpaired) electrons. The van der Waals surface area contributed by atoms with Crippen LogP contribution in [-0.4, -0.2) is 25.7 Å². The van der Waals surface area contributed by atoms with Crippen LogP contribution in [0.2, 0.25) is 5.02 Å². The van der Waals surface area contributed by atoms with Gasteiger partial charge in [0.25, 0.3) is 0 Å². The van der Waals surface area contributed by atoms with Gasteiger partial charge in [0.2, 0.25) is 0 Å². The highest BCUT2D eigenvalue weighted by atomic mass is 35.5. The maximum absolute atomic E-state index is 6.08. The van der Waals surface area contributed by atoms with Crippen molar-refractivity contribution >= 4 is 17.3 Å². The highest BCUT2D eigenvalue weighted by Crippen LogP contribution is 2.40. The largest absolute Gasteiger partial charge is 0.370 e. The molecule has 2 nitrogen and oxygen atoms in total. The first kappa shape index (κ1) is 12.3. The minimum atomic E-state index is 0.449. The number of piperidine rings is 1. The van der Waals surface area contributed by atoms with E-state index in [9.17, 15) is 0 Å². The monoisotopic (exact) mass is 264 g/mol. The van der Waals surface area contributed by atoms with Gasteiger partial charge in [0.1, 0.15) is 0 Å². The van der Waals surface area contributed by atoms with Crippen LogP contribution >= 0.6 is 11.6 Å². The molecule has 2 atom stereocenters. The zero-order valence-corrected chi connectivity index (χ0v) is 11.9. The molecule has 0 spiro atoms. The van der Waals surface area contributed by atoms with Crippen molar-refractivity contribution in [1.82, 2.24) is 5.32 Å². The summed E-state index contributed by atoms with van der Waals surface area (Å²) in [5.41, 5.74) is 1.71. The number of hydrogen-bond acceptors (Lipinski definition) is 2. The number of nitrogens with zero attached hydrogens (tertiary/aromatic N) is 1. The van der Waals surface area contributed by atoms with Gasteiger partial charge in [0, 0.05) is 36.4 Å². The molecule has 2 unspecified atom stereocenters. The van der Waals surface area contributed by atoms with Gasteiger partial charge in [-0.15, -0.1) is 0 Å². The summed E-state index contributed by atoms with van der Waals surface area (Å²) in [6, 6.07) is 8.84. The zero-order valence-electron chi connectivity index (χ0n) is 11.1. The summed E-state index contributed by atoms with van der Waals surface area (Å²) < 4.78 is 0. The number of anilines is 1. The van der Waals surface area contributed by atoms with Gasteiger partial charge in [-0.2, -0.15) is 0 Å². The number of benzene rings is 1. The molecule has 3 rings (SSSR count). The Bertz CT molecular complexity index is 444. The van der Waals surface area contributed by atoms with Gasteiger partial charge in [-0.1, -0.05) is 31.5 Å². The van der Waals surface area contributed by atoms with Crippen LogP contribution in [0.5, 0.6) is 0 Å². The second-order valence-corrected chi connectivity index (χ2v) is 6.73. The van der Waals surface area contributed by atoms with Gasteiger partial charge in [-0.05, 0) is 36.0 Å². The Hall–Kier alpha value is -0.730. The van der Waals surface area contributed by atoms with Crippen LogP contribution in [0, 0.1) is 11.3 Å². The molecule has 0 amide bonds. The summed E-state index contributed by atoms with van der Waals surface area (Å²) in [6.45, 7) is 8.17. The molecule has 1 N–H and O–H groups in total. The van der Waals surface area contributed by atoms with E-state index >= 15 is 0 Å². The topological polar surface area (TPSA) is 15.3 Å². The number of fused-ring (bicyclic) bond motifs is 1. The third kappa shape index (κ3) is 2.12. The molecule has 98 valence electrons. The number of nitrogens with one attached hydrogen (secondary N) is 1. The molecule has 2 heterocycles. The molecule has 3 heteroatoms. The summed E-state index contributed by atoms with van der Waals surface area (Å²) in [4.78, 5) is 2.46. The molecule has 0 bridgehead atoms. The van der Waals surface area contributed by atoms with Gasteiger partial charge in [-0.3, -0.25) is 0 Å². The van der Waals surface area contributed by atoms with Crippen LogP contribution in [0.25, 0.3) is 0 Å². The molecule has 2 aliphatic heterocycles. The molecule has 2 fully saturated rings. The average Bonchev–Trinajstić information content (AvgIpc) is 2.65. The Labute approximate surface area is 114 Å². The van der Waals surface area contributed by atoms with Crippen molar-refractivity contribution in [2.45, 2.75) is 26.3 Å². The molecular formula is C15H21ClN2. The number of rotatable bonds is 1. The van der Waals surface area contributed by atoms with Crippen molar-refractivity contribution in [2.24, 2.45) is 11.3 Å². The molecule has 2 saturated heterocycles. The van der Waals surface area contributed by atoms with E-state index in [0.29, 0.717) is 11.5 Å². The molecule has 0 aromatic heterocycles. The fraction of sp³-hybridized carbons (Fsp3) is 0.600. The van der Waals surface area contributed by atoms with Gasteiger partial charge in [0.15, 0.2) is 0 Å². The smallest absolute Gasteiger partial charge is 0.0426 e. The molecule has 1 aromatic rings. The average molecular weight is 265 g/mol. The Morgan fingerprint density at radius 3 is 3.00 bits per heavy atom. The normalized spacial score (nSPS) is 30.3. The highest BCUT2D eigenvalue weighted by molar-refractivity contribution is 6.30. The minimum absolute atomic E-state index is 0.449. The van der Waals surface area contributed by atoms with E-state index < -0.39 is 0 Å². The highest BCUT2D eigenvalue weighted by Gasteiger charge is 2.44. The second-order valence-electron chi connectivity index (χ2n) is 6.30. The molecule has 0 aliphatic carbocycles. The van der Waals surface area contributed by atoms with Gasteiger partial charge in [0.05, 0.1) is 0 Å². The van der Waals surface area contributed by atoms with Crippen LogP contribution in [0.1, 0.15) is 20.3 Å². The third-order valence-corrected chi connectivity index (χ3v) is 4.84. The first-order valence-corrected chi connectivity index (χ1v) is 7.18. The maximum Gasteiger partial charge on any atom is 0.0426 e. The quantitative estimate of drug-likeness (QED) is 0.838. The lowest BCUT2D eigenvalue weighted by Crippen LogP contribution is -2.47. The van der Waals surface area contributed by atoms with Crippen molar-refractivity contribution in [1.29, 1.82) is 0 Å². The van der Waals surface area contributed by atoms with Crippen LogP contribution in [0.4, 0.5) is 5.69 Å². The SMILES string of the molecule is CC1(C)CNC2CN(c3cccc(Cl)c3)CCC21. The number of hydrogen-bond donors (Lipinski definition) is 1. The van der Waals surface area contributed by atoms with Gasteiger partial charge < -0.3 is 10.2 Å². The Kier molecular flexibility index (Phi) is 3.03. The van der Waals surface area contributed by atoms with E-state index in [4.69, 9.17) is 11.6 Å². The fourth-order valence-corrected chi connectivity index (χ4v) is 3.71. The van der Waals surface area contributed by atoms with Gasteiger partial charge in [-0.25, -0.2) is 0 Å². The summed E-state index contributed by atoms with van der Waals surface area (Å²) in [5, 5.41) is 4.52. The van der Waals surface area contributed by atoms with E-state index in [1.807, 2.05) is 12.1 Å². The predicted molar refractivity (Wildman–Crippen MR) is 77.3 cm³/mol. The first-order valence-electron chi connectivity index (χ1n) is 6.80. The Balaban J connectivity index is 1.76. The summed E-state index contributed by atoms with van der Waals surface area (Å²) in [5.74, 6) is 0.813. The Morgan fingerprint density at radius 1 is 1.39 bits per heavy atom. The molecular weight excluding hydrogens is 244 g/mol. The lowest BCUT2D eigenvalue weighted by atomic mass is 9.75. The van der Waals surface area contributed by atoms with Crippen LogP contribution in [-0.2, 0) is 0 Å². The van der Waals surface area contributed by atoms with Crippen molar-refractivity contribution in [3.63, 3.8) is 0 Å². The lowest BCUT2D eigenvalue weighted by molar-refractivity contribution is 0.227. The standard InChI is InChI=1S/C15H21ClN2/c1-15(2)10-17-14-9-18(7-6-13(14)15)12-5-3-4-11(16)8-12/h3-5,8,13-14,17H,6-7,9-10H2,1-2H3. The van der Waals surface area contributed by atoms with E-state index in [1.165, 1.54) is 12.1 Å². The predicted octanol–water partition coefficient (Wildman–Crippen LogP) is 3.16. The maximum atomic E-state index is 6.08. The summed E-state index contributed by atoms with van der Waals surface area (Å²) in [6.07, 6.45) is 1.27. The van der Waals surface area contributed by atoms with E-state index in [1.54, 1.807) is 0 Å². The number of halogens is 1. The minimum Gasteiger partial charge on any atom is -0.370 e. The molecule has 1 aromatic carbocycles. The van der Waals surface area contributed by atoms with Crippen LogP contribution < -0.4 is 10.2 Å². The third-order valence-electron chi connectivity index (χ3n) is 4.61. The second kappa shape index (κ2) is 4.43. The summed E-state index contributed by atoms with van der Waals surface area (Å²) in [7, 11) is 0. The first-order chi connectivity index (χ1) is 8.56. The molecule has 2 aliphatic rings. The zero-order chi connectivity index (χ0) is 12.8. The van der Waals surface area contributed by atoms with E-state index in [0.717, 1.165) is 30.6 Å². The van der Waals surface area contributed by atoms with Crippen molar-refractivity contribution in [3.8, 4) is 0 Å². The fourth-order valence-electron chi connectivity index (χ4n) is 3.53. The van der Waals surface area contributed by atoms with E-state index in [-0.39, 0.29) is 0 Å². The molecule has 18 heavy (non-hydrogen) atoms. The van der Waals surface area contributed by atoms with Crippen molar-refractivity contribution in [2.75, 3.05) is 24.5 Å². The molecule has 0 saturated carbocycles. The van der Waals surface area contributed by atoms with Crippen LogP contribution in [0.15, 0.2) is 24.3 Å². The van der Waals surface area contributed by atoms with Crippen molar-refractivity contribution in [3.05, 3.63) is 29.3 Å². The van der Waals surface area contributed by atoms with Gasteiger partial charge >= 0.3 is 0 Å². The Morgan fingerprint density at radius 2 is 2.22 bits per heavy atom.